The van der Waals surface area contributed by atoms with Crippen molar-refractivity contribution in [3.63, 3.8) is 0 Å². The van der Waals surface area contributed by atoms with E-state index < -0.39 is 0 Å². The van der Waals surface area contributed by atoms with E-state index in [1.165, 1.54) is 31.6 Å². The molecule has 3 aliphatic rings. The number of nitrogens with zero attached hydrogens (tertiary/aromatic N) is 4. The summed E-state index contributed by atoms with van der Waals surface area (Å²) in [6.07, 6.45) is 8.02. The van der Waals surface area contributed by atoms with E-state index in [0.717, 1.165) is 38.8 Å². The molecule has 3 heterocycles. The lowest BCUT2D eigenvalue weighted by atomic mass is 9.95. The number of hydrogen-bond acceptors (Lipinski definition) is 4. The molecule has 104 valence electrons. The van der Waals surface area contributed by atoms with Gasteiger partial charge in [-0.05, 0) is 19.3 Å². The van der Waals surface area contributed by atoms with Gasteiger partial charge in [0.25, 0.3) is 0 Å². The van der Waals surface area contributed by atoms with Gasteiger partial charge in [0.05, 0.1) is 6.54 Å². The molecule has 5 heteroatoms. The minimum atomic E-state index is 0.194. The zero-order chi connectivity index (χ0) is 12.9. The maximum absolute atomic E-state index is 6.18. The summed E-state index contributed by atoms with van der Waals surface area (Å²) in [4.78, 5) is 9.73. The summed E-state index contributed by atoms with van der Waals surface area (Å²) in [5, 5.41) is 0. The van der Waals surface area contributed by atoms with E-state index in [-0.39, 0.29) is 5.54 Å². The Kier molecular flexibility index (Phi) is 2.69. The standard InChI is InChI=1S/C14H23N5/c15-10-14(3-5-18(11-14)12-1-2-12)19-8-7-17-6-4-16-13(17)9-19/h4,6,12H,1-3,5,7-11,15H2. The van der Waals surface area contributed by atoms with Gasteiger partial charge in [-0.2, -0.15) is 0 Å². The predicted molar refractivity (Wildman–Crippen MR) is 73.6 cm³/mol. The van der Waals surface area contributed by atoms with Gasteiger partial charge in [-0.25, -0.2) is 4.98 Å². The Morgan fingerprint density at radius 1 is 1.32 bits per heavy atom. The Morgan fingerprint density at radius 3 is 3.00 bits per heavy atom. The topological polar surface area (TPSA) is 50.3 Å². The molecular weight excluding hydrogens is 238 g/mol. The van der Waals surface area contributed by atoms with Gasteiger partial charge in [0.1, 0.15) is 5.82 Å². The molecule has 0 aromatic carbocycles. The molecule has 0 amide bonds. The van der Waals surface area contributed by atoms with E-state index in [1.807, 2.05) is 6.20 Å². The van der Waals surface area contributed by atoms with Crippen LogP contribution < -0.4 is 5.73 Å². The van der Waals surface area contributed by atoms with E-state index >= 15 is 0 Å². The fraction of sp³-hybridized carbons (Fsp3) is 0.786. The number of likely N-dealkylation sites (tertiary alicyclic amines) is 1. The van der Waals surface area contributed by atoms with Crippen molar-refractivity contribution in [1.29, 1.82) is 0 Å². The molecule has 1 aromatic rings. The van der Waals surface area contributed by atoms with Gasteiger partial charge in [-0.15, -0.1) is 0 Å². The smallest absolute Gasteiger partial charge is 0.122 e. The van der Waals surface area contributed by atoms with Crippen LogP contribution >= 0.6 is 0 Å². The second-order valence-electron chi connectivity index (χ2n) is 6.34. The van der Waals surface area contributed by atoms with Gasteiger partial charge in [-0.3, -0.25) is 9.80 Å². The van der Waals surface area contributed by atoms with Gasteiger partial charge in [0.2, 0.25) is 0 Å². The number of fused-ring (bicyclic) bond motifs is 1. The molecule has 0 radical (unpaired) electrons. The Labute approximate surface area is 114 Å². The van der Waals surface area contributed by atoms with Gasteiger partial charge in [0.15, 0.2) is 0 Å². The molecule has 2 aliphatic heterocycles. The van der Waals surface area contributed by atoms with Crippen LogP contribution in [0.15, 0.2) is 12.4 Å². The lowest BCUT2D eigenvalue weighted by molar-refractivity contribution is 0.0676. The molecular formula is C14H23N5. The normalized spacial score (nSPS) is 32.7. The quantitative estimate of drug-likeness (QED) is 0.848. The monoisotopic (exact) mass is 261 g/mol. The van der Waals surface area contributed by atoms with E-state index in [4.69, 9.17) is 5.73 Å². The van der Waals surface area contributed by atoms with Gasteiger partial charge >= 0.3 is 0 Å². The minimum Gasteiger partial charge on any atom is -0.333 e. The van der Waals surface area contributed by atoms with Crippen molar-refractivity contribution in [2.24, 2.45) is 5.73 Å². The highest BCUT2D eigenvalue weighted by Gasteiger charge is 2.46. The lowest BCUT2D eigenvalue weighted by Gasteiger charge is -2.42. The van der Waals surface area contributed by atoms with Crippen LogP contribution in [0.5, 0.6) is 0 Å². The molecule has 1 saturated heterocycles. The molecule has 2 fully saturated rings. The molecule has 1 saturated carbocycles. The summed E-state index contributed by atoms with van der Waals surface area (Å²) in [5.41, 5.74) is 6.38. The van der Waals surface area contributed by atoms with E-state index in [2.05, 4.69) is 25.5 Å². The third-order valence-corrected chi connectivity index (χ3v) is 5.22. The second kappa shape index (κ2) is 4.30. The molecule has 1 aromatic heterocycles. The van der Waals surface area contributed by atoms with E-state index in [9.17, 15) is 0 Å². The molecule has 1 aliphatic carbocycles. The highest BCUT2D eigenvalue weighted by molar-refractivity contribution is 5.07. The third-order valence-electron chi connectivity index (χ3n) is 5.22. The first-order valence-corrected chi connectivity index (χ1v) is 7.50. The number of aromatic nitrogens is 2. The van der Waals surface area contributed by atoms with Crippen molar-refractivity contribution >= 4 is 0 Å². The molecule has 2 N–H and O–H groups in total. The first-order valence-electron chi connectivity index (χ1n) is 7.50. The fourth-order valence-electron chi connectivity index (χ4n) is 3.77. The van der Waals surface area contributed by atoms with Gasteiger partial charge < -0.3 is 10.3 Å². The molecule has 1 atom stereocenters. The summed E-state index contributed by atoms with van der Waals surface area (Å²) in [6.45, 7) is 6.29. The predicted octanol–water partition coefficient (Wildman–Crippen LogP) is 0.264. The molecule has 0 bridgehead atoms. The zero-order valence-corrected chi connectivity index (χ0v) is 11.5. The van der Waals surface area contributed by atoms with Crippen LogP contribution in [0, 0.1) is 0 Å². The Balaban J connectivity index is 1.53. The van der Waals surface area contributed by atoms with Gasteiger partial charge in [-0.1, -0.05) is 0 Å². The second-order valence-corrected chi connectivity index (χ2v) is 6.34. The average Bonchev–Trinajstić information content (AvgIpc) is 3.04. The van der Waals surface area contributed by atoms with Crippen LogP contribution in [0.1, 0.15) is 25.1 Å². The largest absolute Gasteiger partial charge is 0.333 e. The maximum Gasteiger partial charge on any atom is 0.122 e. The van der Waals surface area contributed by atoms with Gasteiger partial charge in [0, 0.05) is 56.7 Å². The number of imidazole rings is 1. The first kappa shape index (κ1) is 11.9. The highest BCUT2D eigenvalue weighted by Crippen LogP contribution is 2.36. The van der Waals surface area contributed by atoms with Crippen molar-refractivity contribution in [3.05, 3.63) is 18.2 Å². The molecule has 5 nitrogen and oxygen atoms in total. The Hall–Kier alpha value is -0.910. The summed E-state index contributed by atoms with van der Waals surface area (Å²) in [7, 11) is 0. The Bertz CT molecular complexity index is 466. The van der Waals surface area contributed by atoms with Crippen LogP contribution in [0.25, 0.3) is 0 Å². The van der Waals surface area contributed by atoms with Crippen molar-refractivity contribution < 1.29 is 0 Å². The average molecular weight is 261 g/mol. The fourth-order valence-corrected chi connectivity index (χ4v) is 3.77. The molecule has 19 heavy (non-hydrogen) atoms. The molecule has 0 spiro atoms. The van der Waals surface area contributed by atoms with Crippen LogP contribution in [-0.4, -0.2) is 57.1 Å². The summed E-state index contributed by atoms with van der Waals surface area (Å²) < 4.78 is 2.27. The zero-order valence-electron chi connectivity index (χ0n) is 11.5. The first-order chi connectivity index (χ1) is 9.31. The van der Waals surface area contributed by atoms with Crippen molar-refractivity contribution in [2.75, 3.05) is 26.2 Å². The summed E-state index contributed by atoms with van der Waals surface area (Å²) in [5.74, 6) is 1.20. The summed E-state index contributed by atoms with van der Waals surface area (Å²) in [6, 6.07) is 0.861. The van der Waals surface area contributed by atoms with E-state index in [1.54, 1.807) is 0 Å². The van der Waals surface area contributed by atoms with Crippen molar-refractivity contribution in [1.82, 2.24) is 19.4 Å². The number of rotatable bonds is 3. The Morgan fingerprint density at radius 2 is 2.21 bits per heavy atom. The van der Waals surface area contributed by atoms with Crippen molar-refractivity contribution in [3.8, 4) is 0 Å². The molecule has 1 unspecified atom stereocenters. The van der Waals surface area contributed by atoms with Crippen LogP contribution in [0.4, 0.5) is 0 Å². The van der Waals surface area contributed by atoms with Crippen LogP contribution in [0.3, 0.4) is 0 Å². The van der Waals surface area contributed by atoms with Crippen molar-refractivity contribution in [2.45, 2.75) is 43.9 Å². The summed E-state index contributed by atoms with van der Waals surface area (Å²) >= 11 is 0. The molecule has 4 rings (SSSR count). The maximum atomic E-state index is 6.18. The highest BCUT2D eigenvalue weighted by atomic mass is 15.3. The van der Waals surface area contributed by atoms with E-state index in [0.29, 0.717) is 0 Å². The lowest BCUT2D eigenvalue weighted by Crippen LogP contribution is -2.57. The van der Waals surface area contributed by atoms with Crippen LogP contribution in [0.2, 0.25) is 0 Å². The minimum absolute atomic E-state index is 0.194. The number of nitrogens with two attached hydrogens (primary N) is 1. The number of hydrogen-bond donors (Lipinski definition) is 1. The van der Waals surface area contributed by atoms with Crippen LogP contribution in [-0.2, 0) is 13.1 Å². The SMILES string of the molecule is NCC1(N2CCn3ccnc3C2)CCN(C2CC2)C1. The third kappa shape index (κ3) is 1.91.